The second-order valence-electron chi connectivity index (χ2n) is 8.24. The van der Waals surface area contributed by atoms with Gasteiger partial charge >= 0.3 is 18.2 Å². The van der Waals surface area contributed by atoms with Crippen LogP contribution in [0.1, 0.15) is 25.3 Å². The molecule has 1 atom stereocenters. The number of ether oxygens (including phenoxy) is 3. The Bertz CT molecular complexity index is 1000. The van der Waals surface area contributed by atoms with Crippen LogP contribution in [-0.2, 0) is 20.7 Å². The van der Waals surface area contributed by atoms with E-state index < -0.39 is 36.5 Å². The van der Waals surface area contributed by atoms with Crippen LogP contribution in [-0.4, -0.2) is 73.8 Å². The molecule has 0 aliphatic rings. The van der Waals surface area contributed by atoms with Crippen LogP contribution < -0.4 is 10.1 Å². The number of carbonyl (C=O) groups is 2. The molecule has 0 saturated heterocycles. The fraction of sp³-hybridized carbons (Fsp3) is 0.462. The highest BCUT2D eigenvalue weighted by Crippen LogP contribution is 2.21. The highest BCUT2D eigenvalue weighted by atomic mass is 19.4. The first-order valence-corrected chi connectivity index (χ1v) is 12.1. The number of hydrogen-bond acceptors (Lipinski definition) is 5. The van der Waals surface area contributed by atoms with Gasteiger partial charge in [0.2, 0.25) is 0 Å². The summed E-state index contributed by atoms with van der Waals surface area (Å²) in [5.41, 5.74) is 0.992. The SMILES string of the molecule is CCOC(Cc1ccc(OCCN(CCOCCCC(F)(F)F)C(=O)Nc2cccc(F)c2)cc1)C(=O)O. The van der Waals surface area contributed by atoms with E-state index in [0.29, 0.717) is 5.75 Å². The normalized spacial score (nSPS) is 12.1. The van der Waals surface area contributed by atoms with Crippen LogP contribution in [0.25, 0.3) is 0 Å². The van der Waals surface area contributed by atoms with Gasteiger partial charge in [-0.05, 0) is 49.2 Å². The highest BCUT2D eigenvalue weighted by Gasteiger charge is 2.26. The van der Waals surface area contributed by atoms with Crippen LogP contribution in [0.4, 0.5) is 28.0 Å². The van der Waals surface area contributed by atoms with Crippen LogP contribution in [0.5, 0.6) is 5.75 Å². The monoisotopic (exact) mass is 544 g/mol. The third-order valence-electron chi connectivity index (χ3n) is 5.24. The standard InChI is InChI=1S/C26H32F4N2O6/c1-2-37-23(24(33)34)17-19-7-9-22(10-8-19)38-16-13-32(12-15-36-14-4-11-26(28,29)30)25(35)31-21-6-3-5-20(27)18-21/h3,5-10,18,23H,2,4,11-17H2,1H3,(H,31,35)(H,33,34). The van der Waals surface area contributed by atoms with Crippen LogP contribution >= 0.6 is 0 Å². The molecule has 0 aliphatic heterocycles. The quantitative estimate of drug-likeness (QED) is 0.225. The Hall–Kier alpha value is -3.38. The van der Waals surface area contributed by atoms with E-state index in [-0.39, 0.29) is 58.0 Å². The van der Waals surface area contributed by atoms with Crippen molar-refractivity contribution in [1.29, 1.82) is 0 Å². The van der Waals surface area contributed by atoms with Gasteiger partial charge in [-0.1, -0.05) is 18.2 Å². The summed E-state index contributed by atoms with van der Waals surface area (Å²) in [5, 5.41) is 11.8. The number of nitrogens with zero attached hydrogens (tertiary/aromatic N) is 1. The van der Waals surface area contributed by atoms with Gasteiger partial charge in [-0.15, -0.1) is 0 Å². The van der Waals surface area contributed by atoms with Gasteiger partial charge in [0.1, 0.15) is 18.2 Å². The summed E-state index contributed by atoms with van der Waals surface area (Å²) in [4.78, 5) is 25.4. The molecule has 0 heterocycles. The molecule has 210 valence electrons. The molecule has 0 saturated carbocycles. The zero-order valence-corrected chi connectivity index (χ0v) is 21.0. The Kier molecular flexibility index (Phi) is 12.8. The maximum absolute atomic E-state index is 13.5. The molecule has 0 aliphatic carbocycles. The maximum Gasteiger partial charge on any atom is 0.389 e. The van der Waals surface area contributed by atoms with E-state index in [0.717, 1.165) is 11.6 Å². The molecule has 12 heteroatoms. The van der Waals surface area contributed by atoms with E-state index in [1.165, 1.54) is 23.1 Å². The number of benzene rings is 2. The average Bonchev–Trinajstić information content (AvgIpc) is 2.85. The van der Waals surface area contributed by atoms with Crippen molar-refractivity contribution in [1.82, 2.24) is 4.90 Å². The first kappa shape index (κ1) is 30.8. The molecule has 1 unspecified atom stereocenters. The molecule has 0 bridgehead atoms. The van der Waals surface area contributed by atoms with E-state index >= 15 is 0 Å². The third-order valence-corrected chi connectivity index (χ3v) is 5.24. The van der Waals surface area contributed by atoms with Crippen molar-refractivity contribution in [2.45, 2.75) is 38.5 Å². The second-order valence-corrected chi connectivity index (χ2v) is 8.24. The molecule has 0 fully saturated rings. The average molecular weight is 545 g/mol. The molecular formula is C26H32F4N2O6. The molecule has 8 nitrogen and oxygen atoms in total. The van der Waals surface area contributed by atoms with Crippen molar-refractivity contribution in [2.75, 3.05) is 44.8 Å². The first-order valence-electron chi connectivity index (χ1n) is 12.1. The van der Waals surface area contributed by atoms with Gasteiger partial charge in [0.15, 0.2) is 6.10 Å². The lowest BCUT2D eigenvalue weighted by Gasteiger charge is -2.23. The highest BCUT2D eigenvalue weighted by molar-refractivity contribution is 5.89. The fourth-order valence-electron chi connectivity index (χ4n) is 3.36. The molecule has 2 aromatic carbocycles. The number of carbonyl (C=O) groups excluding carboxylic acids is 1. The van der Waals surface area contributed by atoms with Crippen molar-refractivity contribution in [2.24, 2.45) is 0 Å². The Labute approximate surface area is 218 Å². The number of alkyl halides is 3. The Morgan fingerprint density at radius 3 is 2.39 bits per heavy atom. The Balaban J connectivity index is 1.89. The largest absolute Gasteiger partial charge is 0.492 e. The van der Waals surface area contributed by atoms with E-state index in [1.807, 2.05) is 0 Å². The summed E-state index contributed by atoms with van der Waals surface area (Å²) in [7, 11) is 0. The molecule has 38 heavy (non-hydrogen) atoms. The van der Waals surface area contributed by atoms with Crippen LogP contribution in [0.15, 0.2) is 48.5 Å². The lowest BCUT2D eigenvalue weighted by atomic mass is 10.1. The molecule has 2 rings (SSSR count). The van der Waals surface area contributed by atoms with E-state index in [1.54, 1.807) is 31.2 Å². The third kappa shape index (κ3) is 12.2. The fourth-order valence-corrected chi connectivity index (χ4v) is 3.36. The predicted octanol–water partition coefficient (Wildman–Crippen LogP) is 5.13. The number of urea groups is 1. The lowest BCUT2D eigenvalue weighted by molar-refractivity contribution is -0.150. The number of amides is 2. The van der Waals surface area contributed by atoms with Crippen molar-refractivity contribution >= 4 is 17.7 Å². The van der Waals surface area contributed by atoms with Crippen LogP contribution in [0.3, 0.4) is 0 Å². The van der Waals surface area contributed by atoms with Gasteiger partial charge in [-0.3, -0.25) is 0 Å². The molecular weight excluding hydrogens is 512 g/mol. The number of hydrogen-bond donors (Lipinski definition) is 2. The summed E-state index contributed by atoms with van der Waals surface area (Å²) in [6.07, 6.45) is -6.15. The van der Waals surface area contributed by atoms with E-state index in [2.05, 4.69) is 5.32 Å². The molecule has 0 aromatic heterocycles. The zero-order chi connectivity index (χ0) is 28.0. The molecule has 0 spiro atoms. The van der Waals surface area contributed by atoms with Gasteiger partial charge in [-0.2, -0.15) is 13.2 Å². The number of anilines is 1. The Morgan fingerprint density at radius 1 is 1.05 bits per heavy atom. The molecule has 2 amide bonds. The van der Waals surface area contributed by atoms with Crippen molar-refractivity contribution in [3.05, 3.63) is 59.9 Å². The number of rotatable bonds is 16. The van der Waals surface area contributed by atoms with Crippen LogP contribution in [0, 0.1) is 5.82 Å². The van der Waals surface area contributed by atoms with Crippen molar-refractivity contribution in [3.63, 3.8) is 0 Å². The summed E-state index contributed by atoms with van der Waals surface area (Å²) in [6.45, 7) is 2.17. The molecule has 0 radical (unpaired) electrons. The summed E-state index contributed by atoms with van der Waals surface area (Å²) in [6, 6.07) is 11.6. The minimum atomic E-state index is -4.25. The van der Waals surface area contributed by atoms with Crippen LogP contribution in [0.2, 0.25) is 0 Å². The van der Waals surface area contributed by atoms with Crippen molar-refractivity contribution < 1.29 is 46.5 Å². The van der Waals surface area contributed by atoms with Gasteiger partial charge in [0.05, 0.1) is 13.2 Å². The summed E-state index contributed by atoms with van der Waals surface area (Å²) < 4.78 is 66.4. The smallest absolute Gasteiger partial charge is 0.389 e. The van der Waals surface area contributed by atoms with Gasteiger partial charge in [0.25, 0.3) is 0 Å². The lowest BCUT2D eigenvalue weighted by Crippen LogP contribution is -2.40. The number of nitrogens with one attached hydrogen (secondary N) is 1. The van der Waals surface area contributed by atoms with E-state index in [4.69, 9.17) is 14.2 Å². The number of carboxylic acids is 1. The first-order chi connectivity index (χ1) is 18.1. The number of carboxylic acid groups (broad SMARTS) is 1. The zero-order valence-electron chi connectivity index (χ0n) is 21.0. The molecule has 2 aromatic rings. The van der Waals surface area contributed by atoms with E-state index in [9.17, 15) is 32.3 Å². The topological polar surface area (TPSA) is 97.3 Å². The maximum atomic E-state index is 13.5. The summed E-state index contributed by atoms with van der Waals surface area (Å²) >= 11 is 0. The molecule has 2 N–H and O–H groups in total. The number of halogens is 4. The van der Waals surface area contributed by atoms with Gasteiger partial charge in [0, 0.05) is 38.3 Å². The second kappa shape index (κ2) is 15.8. The minimum Gasteiger partial charge on any atom is -0.492 e. The van der Waals surface area contributed by atoms with Gasteiger partial charge < -0.3 is 29.5 Å². The van der Waals surface area contributed by atoms with Gasteiger partial charge in [-0.25, -0.2) is 14.0 Å². The Morgan fingerprint density at radius 2 is 1.76 bits per heavy atom. The number of aliphatic carboxylic acids is 1. The van der Waals surface area contributed by atoms with Crippen molar-refractivity contribution in [3.8, 4) is 5.75 Å². The summed E-state index contributed by atoms with van der Waals surface area (Å²) in [5.74, 6) is -1.08. The predicted molar refractivity (Wildman–Crippen MR) is 132 cm³/mol. The minimum absolute atomic E-state index is 0.00764.